The summed E-state index contributed by atoms with van der Waals surface area (Å²) in [5, 5.41) is 4.33. The van der Waals surface area contributed by atoms with E-state index >= 15 is 0 Å². The van der Waals surface area contributed by atoms with Gasteiger partial charge in [0, 0.05) is 10.5 Å². The standard InChI is InChI=1S/C15H23BrClN/c1-5-18-14(8-9-15(2,3)4)11-6-7-12(16)13(17)10-11/h6-7,10,14,18H,5,8-9H2,1-4H3. The maximum atomic E-state index is 6.17. The summed E-state index contributed by atoms with van der Waals surface area (Å²) in [5.41, 5.74) is 1.64. The van der Waals surface area contributed by atoms with E-state index in [2.05, 4.69) is 61.1 Å². The SMILES string of the molecule is CCNC(CCC(C)(C)C)c1ccc(Br)c(Cl)c1. The molecule has 0 radical (unpaired) electrons. The van der Waals surface area contributed by atoms with Crippen molar-refractivity contribution in [1.29, 1.82) is 0 Å². The molecular weight excluding hydrogens is 310 g/mol. The number of rotatable bonds is 5. The van der Waals surface area contributed by atoms with Gasteiger partial charge in [0.1, 0.15) is 0 Å². The largest absolute Gasteiger partial charge is 0.310 e. The van der Waals surface area contributed by atoms with Gasteiger partial charge in [-0.3, -0.25) is 0 Å². The Morgan fingerprint density at radius 1 is 1.33 bits per heavy atom. The Kier molecular flexibility index (Phi) is 6.16. The molecule has 1 unspecified atom stereocenters. The van der Waals surface area contributed by atoms with Gasteiger partial charge in [0.15, 0.2) is 0 Å². The molecule has 0 heterocycles. The van der Waals surface area contributed by atoms with Crippen LogP contribution in [0, 0.1) is 5.41 Å². The summed E-state index contributed by atoms with van der Waals surface area (Å²) < 4.78 is 0.957. The van der Waals surface area contributed by atoms with Crippen LogP contribution in [0.15, 0.2) is 22.7 Å². The lowest BCUT2D eigenvalue weighted by molar-refractivity contribution is 0.334. The maximum Gasteiger partial charge on any atom is 0.0551 e. The highest BCUT2D eigenvalue weighted by Gasteiger charge is 2.16. The van der Waals surface area contributed by atoms with Crippen molar-refractivity contribution in [3.8, 4) is 0 Å². The molecule has 0 fully saturated rings. The maximum absolute atomic E-state index is 6.17. The summed E-state index contributed by atoms with van der Waals surface area (Å²) in [4.78, 5) is 0. The average molecular weight is 333 g/mol. The number of benzene rings is 1. The second-order valence-electron chi connectivity index (χ2n) is 5.88. The normalized spacial score (nSPS) is 13.7. The van der Waals surface area contributed by atoms with Gasteiger partial charge in [0.2, 0.25) is 0 Å². The summed E-state index contributed by atoms with van der Waals surface area (Å²) in [7, 11) is 0. The minimum Gasteiger partial charge on any atom is -0.310 e. The summed E-state index contributed by atoms with van der Waals surface area (Å²) in [6.07, 6.45) is 2.33. The summed E-state index contributed by atoms with van der Waals surface area (Å²) >= 11 is 9.61. The van der Waals surface area contributed by atoms with Gasteiger partial charge in [0.25, 0.3) is 0 Å². The van der Waals surface area contributed by atoms with Crippen LogP contribution in [-0.2, 0) is 0 Å². The number of nitrogens with one attached hydrogen (secondary N) is 1. The van der Waals surface area contributed by atoms with Gasteiger partial charge in [-0.15, -0.1) is 0 Å². The Bertz CT molecular complexity index is 385. The van der Waals surface area contributed by atoms with Crippen LogP contribution in [-0.4, -0.2) is 6.54 Å². The third-order valence-electron chi connectivity index (χ3n) is 2.98. The lowest BCUT2D eigenvalue weighted by Crippen LogP contribution is -2.22. The van der Waals surface area contributed by atoms with Crippen molar-refractivity contribution in [3.05, 3.63) is 33.3 Å². The molecule has 1 aromatic rings. The molecule has 0 amide bonds. The first-order valence-electron chi connectivity index (χ1n) is 6.52. The van der Waals surface area contributed by atoms with Crippen LogP contribution in [0.1, 0.15) is 52.1 Å². The second-order valence-corrected chi connectivity index (χ2v) is 7.14. The van der Waals surface area contributed by atoms with E-state index in [0.29, 0.717) is 11.5 Å². The summed E-state index contributed by atoms with van der Waals surface area (Å²) in [5.74, 6) is 0. The quantitative estimate of drug-likeness (QED) is 0.742. The highest BCUT2D eigenvalue weighted by atomic mass is 79.9. The molecule has 18 heavy (non-hydrogen) atoms. The van der Waals surface area contributed by atoms with E-state index in [9.17, 15) is 0 Å². The molecule has 0 saturated heterocycles. The van der Waals surface area contributed by atoms with E-state index in [1.165, 1.54) is 12.0 Å². The van der Waals surface area contributed by atoms with E-state index in [1.807, 2.05) is 6.07 Å². The zero-order chi connectivity index (χ0) is 13.8. The molecule has 1 rings (SSSR count). The third kappa shape index (κ3) is 5.29. The number of halogens is 2. The highest BCUT2D eigenvalue weighted by Crippen LogP contribution is 2.30. The fourth-order valence-corrected chi connectivity index (χ4v) is 2.38. The Morgan fingerprint density at radius 3 is 2.50 bits per heavy atom. The van der Waals surface area contributed by atoms with Crippen molar-refractivity contribution >= 4 is 27.5 Å². The van der Waals surface area contributed by atoms with Crippen LogP contribution >= 0.6 is 27.5 Å². The van der Waals surface area contributed by atoms with Gasteiger partial charge in [-0.25, -0.2) is 0 Å². The summed E-state index contributed by atoms with van der Waals surface area (Å²) in [6, 6.07) is 6.62. The Morgan fingerprint density at radius 2 is 2.00 bits per heavy atom. The third-order valence-corrected chi connectivity index (χ3v) is 4.21. The van der Waals surface area contributed by atoms with Crippen LogP contribution in [0.2, 0.25) is 5.02 Å². The first-order valence-corrected chi connectivity index (χ1v) is 7.69. The molecule has 1 N–H and O–H groups in total. The smallest absolute Gasteiger partial charge is 0.0551 e. The predicted octanol–water partition coefficient (Wildman–Crippen LogP) is 5.58. The van der Waals surface area contributed by atoms with E-state index in [1.54, 1.807) is 0 Å². The molecule has 0 aliphatic carbocycles. The highest BCUT2D eigenvalue weighted by molar-refractivity contribution is 9.10. The molecule has 1 atom stereocenters. The van der Waals surface area contributed by atoms with E-state index < -0.39 is 0 Å². The van der Waals surface area contributed by atoms with Crippen LogP contribution in [0.3, 0.4) is 0 Å². The molecular formula is C15H23BrClN. The lowest BCUT2D eigenvalue weighted by Gasteiger charge is -2.24. The number of hydrogen-bond acceptors (Lipinski definition) is 1. The van der Waals surface area contributed by atoms with E-state index in [4.69, 9.17) is 11.6 Å². The Hall–Kier alpha value is -0.0500. The molecule has 3 heteroatoms. The van der Waals surface area contributed by atoms with E-state index in [0.717, 1.165) is 22.5 Å². The van der Waals surface area contributed by atoms with Gasteiger partial charge < -0.3 is 5.32 Å². The van der Waals surface area contributed by atoms with Crippen LogP contribution in [0.4, 0.5) is 0 Å². The van der Waals surface area contributed by atoms with Crippen molar-refractivity contribution in [1.82, 2.24) is 5.32 Å². The molecule has 0 aromatic heterocycles. The van der Waals surface area contributed by atoms with Crippen molar-refractivity contribution in [2.24, 2.45) is 5.41 Å². The van der Waals surface area contributed by atoms with Crippen LogP contribution < -0.4 is 5.32 Å². The first-order chi connectivity index (χ1) is 8.33. The average Bonchev–Trinajstić information content (AvgIpc) is 2.27. The molecule has 1 aromatic carbocycles. The van der Waals surface area contributed by atoms with Crippen LogP contribution in [0.25, 0.3) is 0 Å². The van der Waals surface area contributed by atoms with Crippen molar-refractivity contribution in [2.45, 2.75) is 46.6 Å². The minimum atomic E-state index is 0.368. The minimum absolute atomic E-state index is 0.368. The second kappa shape index (κ2) is 6.93. The molecule has 1 nitrogen and oxygen atoms in total. The molecule has 0 aliphatic heterocycles. The molecule has 0 aliphatic rings. The molecule has 0 saturated carbocycles. The van der Waals surface area contributed by atoms with Crippen molar-refractivity contribution in [2.75, 3.05) is 6.54 Å². The van der Waals surface area contributed by atoms with Gasteiger partial charge >= 0.3 is 0 Å². The predicted molar refractivity (Wildman–Crippen MR) is 84.3 cm³/mol. The first kappa shape index (κ1) is 16.0. The topological polar surface area (TPSA) is 12.0 Å². The van der Waals surface area contributed by atoms with Gasteiger partial charge in [-0.1, -0.05) is 45.4 Å². The Balaban J connectivity index is 2.80. The molecule has 0 spiro atoms. The summed E-state index contributed by atoms with van der Waals surface area (Å²) in [6.45, 7) is 9.97. The number of hydrogen-bond donors (Lipinski definition) is 1. The Labute approximate surface area is 124 Å². The zero-order valence-electron chi connectivity index (χ0n) is 11.7. The van der Waals surface area contributed by atoms with Crippen LogP contribution in [0.5, 0.6) is 0 Å². The van der Waals surface area contributed by atoms with Gasteiger partial charge in [-0.05, 0) is 58.4 Å². The van der Waals surface area contributed by atoms with Gasteiger partial charge in [0.05, 0.1) is 5.02 Å². The zero-order valence-corrected chi connectivity index (χ0v) is 14.0. The molecule has 0 bridgehead atoms. The van der Waals surface area contributed by atoms with E-state index in [-0.39, 0.29) is 0 Å². The fourth-order valence-electron chi connectivity index (χ4n) is 1.94. The lowest BCUT2D eigenvalue weighted by atomic mass is 9.87. The van der Waals surface area contributed by atoms with Gasteiger partial charge in [-0.2, -0.15) is 0 Å². The van der Waals surface area contributed by atoms with Crippen molar-refractivity contribution in [3.63, 3.8) is 0 Å². The fraction of sp³-hybridized carbons (Fsp3) is 0.600. The monoisotopic (exact) mass is 331 g/mol. The van der Waals surface area contributed by atoms with Crippen molar-refractivity contribution < 1.29 is 0 Å². The molecule has 102 valence electrons.